The van der Waals surface area contributed by atoms with E-state index in [1.54, 1.807) is 0 Å². The molecule has 10 heteroatoms. The summed E-state index contributed by atoms with van der Waals surface area (Å²) in [6.07, 6.45) is 0. The molecular weight excluding hydrogens is 520 g/mol. The maximum atomic E-state index is 5.99. The Kier molecular flexibility index (Phi) is 18.4. The van der Waals surface area contributed by atoms with Crippen LogP contribution in [0.1, 0.15) is 27.7 Å². The Morgan fingerprint density at radius 3 is 1.18 bits per heavy atom. The summed E-state index contributed by atoms with van der Waals surface area (Å²) in [6, 6.07) is 11.9. The number of hydrogen-bond acceptors (Lipinski definition) is 8. The fraction of sp³-hybridized carbons (Fsp3) is 0.643. The molecule has 2 aromatic rings. The van der Waals surface area contributed by atoms with Gasteiger partial charge in [0.05, 0.1) is 66.1 Å². The van der Waals surface area contributed by atoms with Crippen molar-refractivity contribution in [2.24, 2.45) is 0 Å². The van der Waals surface area contributed by atoms with Crippen molar-refractivity contribution in [3.05, 3.63) is 36.4 Å². The predicted molar refractivity (Wildman–Crippen MR) is 152 cm³/mol. The van der Waals surface area contributed by atoms with Gasteiger partial charge < -0.3 is 37.3 Å². The molecule has 8 nitrogen and oxygen atoms in total. The molecule has 0 aromatic heterocycles. The number of fused-ring (bicyclic) bond motifs is 1. The summed E-state index contributed by atoms with van der Waals surface area (Å²) >= 11 is 0. The summed E-state index contributed by atoms with van der Waals surface area (Å²) < 4.78 is 45.3. The number of benzene rings is 2. The van der Waals surface area contributed by atoms with Crippen LogP contribution in [0.4, 0.5) is 0 Å². The first-order chi connectivity index (χ1) is 18.6. The summed E-state index contributed by atoms with van der Waals surface area (Å²) in [5.41, 5.74) is 1.14. The van der Waals surface area contributed by atoms with E-state index in [-0.39, 0.29) is 0 Å². The van der Waals surface area contributed by atoms with E-state index in [0.29, 0.717) is 110 Å². The fourth-order valence-corrected chi connectivity index (χ4v) is 4.29. The topological polar surface area (TPSA) is 73.8 Å². The smallest absolute Gasteiger partial charge is 0.232 e. The van der Waals surface area contributed by atoms with Crippen LogP contribution >= 0.6 is 0 Å². The van der Waals surface area contributed by atoms with Crippen LogP contribution in [-0.4, -0.2) is 98.8 Å². The molecule has 4 radical (unpaired) electrons. The van der Waals surface area contributed by atoms with Crippen molar-refractivity contribution >= 4 is 30.3 Å². The fourth-order valence-electron chi connectivity index (χ4n) is 3.22. The van der Waals surface area contributed by atoms with Gasteiger partial charge in [-0.3, -0.25) is 0 Å². The minimum atomic E-state index is 0.461. The molecule has 0 heterocycles. The van der Waals surface area contributed by atoms with Gasteiger partial charge in [-0.1, -0.05) is 52.0 Å². The highest BCUT2D eigenvalue weighted by Crippen LogP contribution is 2.32. The van der Waals surface area contributed by atoms with Crippen molar-refractivity contribution in [3.63, 3.8) is 0 Å². The van der Waals surface area contributed by atoms with Crippen molar-refractivity contribution in [1.82, 2.24) is 0 Å². The van der Waals surface area contributed by atoms with Gasteiger partial charge >= 0.3 is 0 Å². The molecule has 38 heavy (non-hydrogen) atoms. The van der Waals surface area contributed by atoms with Gasteiger partial charge in [-0.15, -0.1) is 0 Å². The van der Waals surface area contributed by atoms with Gasteiger partial charge in [0.25, 0.3) is 0 Å². The molecule has 0 atom stereocenters. The maximum Gasteiger partial charge on any atom is 0.232 e. The quantitative estimate of drug-likeness (QED) is 0.135. The van der Waals surface area contributed by atoms with Crippen LogP contribution in [0.25, 0.3) is 10.8 Å². The lowest BCUT2D eigenvalue weighted by Crippen LogP contribution is -2.14. The molecule has 0 aliphatic heterocycles. The van der Waals surface area contributed by atoms with Gasteiger partial charge in [0.15, 0.2) is 0 Å². The van der Waals surface area contributed by atoms with Crippen molar-refractivity contribution in [2.45, 2.75) is 38.8 Å². The molecule has 212 valence electrons. The molecule has 0 aliphatic carbocycles. The van der Waals surface area contributed by atoms with E-state index in [2.05, 4.69) is 27.7 Å². The monoisotopic (exact) mass is 564 g/mol. The summed E-state index contributed by atoms with van der Waals surface area (Å²) in [6.45, 7) is 15.1. The van der Waals surface area contributed by atoms with Gasteiger partial charge in [-0.25, -0.2) is 0 Å². The first-order valence-electron chi connectivity index (χ1n) is 13.4. The van der Waals surface area contributed by atoms with Crippen LogP contribution in [0.15, 0.2) is 36.4 Å². The summed E-state index contributed by atoms with van der Waals surface area (Å²) in [5.74, 6) is 1.62. The highest BCUT2D eigenvalue weighted by molar-refractivity contribution is 6.29. The highest BCUT2D eigenvalue weighted by atomic mass is 28.2. The molecule has 0 aliphatic rings. The normalized spacial score (nSPS) is 11.6. The van der Waals surface area contributed by atoms with Gasteiger partial charge in [-0.2, -0.15) is 0 Å². The number of hydrogen-bond donors (Lipinski definition) is 0. The first kappa shape index (κ1) is 32.7. The summed E-state index contributed by atoms with van der Waals surface area (Å²) in [7, 11) is 1.06. The van der Waals surface area contributed by atoms with Gasteiger partial charge in [-0.05, 0) is 23.2 Å². The molecule has 0 saturated heterocycles. The summed E-state index contributed by atoms with van der Waals surface area (Å²) in [5, 5.41) is 2.01. The van der Waals surface area contributed by atoms with Gasteiger partial charge in [0.2, 0.25) is 19.5 Å². The van der Waals surface area contributed by atoms with E-state index < -0.39 is 0 Å². The van der Waals surface area contributed by atoms with Crippen LogP contribution in [0, 0.1) is 0 Å². The molecule has 0 N–H and O–H groups in total. The molecule has 0 saturated carbocycles. The van der Waals surface area contributed by atoms with Crippen molar-refractivity contribution < 1.29 is 37.3 Å². The molecule has 0 bridgehead atoms. The van der Waals surface area contributed by atoms with E-state index >= 15 is 0 Å². The Bertz CT molecular complexity index is 783. The minimum absolute atomic E-state index is 0.461. The Morgan fingerprint density at radius 2 is 0.816 bits per heavy atom. The van der Waals surface area contributed by atoms with E-state index in [1.165, 1.54) is 0 Å². The van der Waals surface area contributed by atoms with E-state index in [0.717, 1.165) is 22.3 Å². The minimum Gasteiger partial charge on any atom is -0.491 e. The standard InChI is InChI=1S/C28H44O8Si2/c1-23(2)37-35-21-17-31-13-11-29-15-19-33-27-9-5-8-26-25(27)7-6-10-28(26)34-20-16-30-12-14-32-18-22-36-38-24(3)4/h5-10,23-24H,11-22H2,1-4H3. The number of rotatable bonds is 24. The molecular formula is C28H44O8Si2. The second kappa shape index (κ2) is 21.3. The van der Waals surface area contributed by atoms with Gasteiger partial charge in [0, 0.05) is 10.8 Å². The largest absolute Gasteiger partial charge is 0.491 e. The van der Waals surface area contributed by atoms with Crippen LogP contribution in [0.5, 0.6) is 11.5 Å². The van der Waals surface area contributed by atoms with Crippen molar-refractivity contribution in [1.29, 1.82) is 0 Å². The van der Waals surface area contributed by atoms with Crippen LogP contribution in [0.2, 0.25) is 11.1 Å². The van der Waals surface area contributed by atoms with Gasteiger partial charge in [0.1, 0.15) is 24.7 Å². The lowest BCUT2D eigenvalue weighted by Gasteiger charge is -2.13. The maximum absolute atomic E-state index is 5.99. The van der Waals surface area contributed by atoms with E-state index in [9.17, 15) is 0 Å². The summed E-state index contributed by atoms with van der Waals surface area (Å²) in [4.78, 5) is 0. The van der Waals surface area contributed by atoms with E-state index in [4.69, 9.17) is 37.3 Å². The van der Waals surface area contributed by atoms with Crippen LogP contribution in [-0.2, 0) is 27.8 Å². The molecule has 0 fully saturated rings. The van der Waals surface area contributed by atoms with Crippen LogP contribution in [0.3, 0.4) is 0 Å². The molecule has 2 rings (SSSR count). The Balaban J connectivity index is 1.57. The van der Waals surface area contributed by atoms with Crippen molar-refractivity contribution in [3.8, 4) is 11.5 Å². The third kappa shape index (κ3) is 15.2. The zero-order valence-corrected chi connectivity index (χ0v) is 25.4. The second-order valence-corrected chi connectivity index (χ2v) is 12.4. The Hall–Kier alpha value is -1.51. The SMILES string of the molecule is CC(C)[Si]OCCOCCOCCOc1cccc2c(OCCOCCOCCO[Si]C(C)C)cccc12. The highest BCUT2D eigenvalue weighted by Gasteiger charge is 2.07. The zero-order chi connectivity index (χ0) is 27.3. The average Bonchev–Trinajstić information content (AvgIpc) is 2.90. The molecule has 0 unspecified atom stereocenters. The van der Waals surface area contributed by atoms with Crippen LogP contribution < -0.4 is 9.47 Å². The zero-order valence-electron chi connectivity index (χ0n) is 23.4. The third-order valence-corrected chi connectivity index (χ3v) is 6.54. The molecule has 2 aromatic carbocycles. The molecule has 0 spiro atoms. The lowest BCUT2D eigenvalue weighted by molar-refractivity contribution is 0.0275. The second-order valence-electron chi connectivity index (χ2n) is 9.00. The molecule has 0 amide bonds. The lowest BCUT2D eigenvalue weighted by atomic mass is 10.1. The predicted octanol–water partition coefficient (Wildman–Crippen LogP) is 4.59. The van der Waals surface area contributed by atoms with E-state index in [1.807, 2.05) is 36.4 Å². The van der Waals surface area contributed by atoms with Crippen molar-refractivity contribution in [2.75, 3.05) is 79.3 Å². The third-order valence-electron chi connectivity index (χ3n) is 4.85. The number of ether oxygens (including phenoxy) is 6. The Labute approximate surface area is 233 Å². The first-order valence-corrected chi connectivity index (χ1v) is 15.4. The Morgan fingerprint density at radius 1 is 0.474 bits per heavy atom. The average molecular weight is 565 g/mol.